The lowest BCUT2D eigenvalue weighted by molar-refractivity contribution is 0.698. The van der Waals surface area contributed by atoms with Crippen LogP contribution < -0.4 is 15.5 Å². The van der Waals surface area contributed by atoms with Gasteiger partial charge in [0, 0.05) is 27.2 Å². The Kier molecular flexibility index (Phi) is 7.45. The van der Waals surface area contributed by atoms with Crippen LogP contribution in [0.3, 0.4) is 0 Å². The second kappa shape index (κ2) is 9.80. The molecule has 1 atom stereocenters. The van der Waals surface area contributed by atoms with Crippen molar-refractivity contribution in [3.05, 3.63) is 59.3 Å². The summed E-state index contributed by atoms with van der Waals surface area (Å²) >= 11 is 0. The van der Waals surface area contributed by atoms with Crippen molar-refractivity contribution in [1.82, 2.24) is 15.6 Å². The number of aromatic nitrogens is 1. The lowest BCUT2D eigenvalue weighted by Crippen LogP contribution is -2.39. The van der Waals surface area contributed by atoms with Crippen molar-refractivity contribution >= 4 is 11.8 Å². The summed E-state index contributed by atoms with van der Waals surface area (Å²) in [6.45, 7) is 8.65. The van der Waals surface area contributed by atoms with Crippen LogP contribution in [0.2, 0.25) is 0 Å². The molecule has 2 rings (SSSR count). The molecule has 2 aromatic rings. The number of pyridine rings is 1. The van der Waals surface area contributed by atoms with E-state index in [-0.39, 0.29) is 0 Å². The average molecular weight is 354 g/mol. The predicted molar refractivity (Wildman–Crippen MR) is 111 cm³/mol. The zero-order valence-electron chi connectivity index (χ0n) is 16.6. The molecule has 1 aromatic carbocycles. The average Bonchev–Trinajstić information content (AvgIpc) is 2.64. The number of hydrogen-bond acceptors (Lipinski definition) is 3. The number of nitrogens with zero attached hydrogens (tertiary/aromatic N) is 3. The molecular formula is C21H31N5. The molecule has 140 valence electrons. The first-order valence-corrected chi connectivity index (χ1v) is 9.21. The molecule has 0 bridgehead atoms. The lowest BCUT2D eigenvalue weighted by Gasteiger charge is -2.17. The van der Waals surface area contributed by atoms with Gasteiger partial charge >= 0.3 is 0 Å². The minimum absolute atomic E-state index is 0.411. The summed E-state index contributed by atoms with van der Waals surface area (Å²) in [6, 6.07) is 14.7. The first-order valence-electron chi connectivity index (χ1n) is 9.21. The molecule has 0 saturated heterocycles. The molecule has 0 aliphatic rings. The Labute approximate surface area is 157 Å². The number of benzene rings is 1. The van der Waals surface area contributed by atoms with Gasteiger partial charge in [0.1, 0.15) is 5.82 Å². The van der Waals surface area contributed by atoms with Gasteiger partial charge in [-0.1, -0.05) is 42.8 Å². The summed E-state index contributed by atoms with van der Waals surface area (Å²) in [5.41, 5.74) is 3.59. The Morgan fingerprint density at radius 3 is 2.62 bits per heavy atom. The van der Waals surface area contributed by atoms with Gasteiger partial charge in [0.15, 0.2) is 5.96 Å². The Balaban J connectivity index is 1.99. The molecule has 5 nitrogen and oxygen atoms in total. The van der Waals surface area contributed by atoms with Crippen LogP contribution in [0.4, 0.5) is 5.82 Å². The van der Waals surface area contributed by atoms with E-state index in [9.17, 15) is 0 Å². The molecule has 0 spiro atoms. The number of aryl methyl sites for hydroxylation is 1. The van der Waals surface area contributed by atoms with Crippen molar-refractivity contribution in [3.8, 4) is 0 Å². The van der Waals surface area contributed by atoms with Crippen molar-refractivity contribution < 1.29 is 0 Å². The molecule has 0 aliphatic carbocycles. The summed E-state index contributed by atoms with van der Waals surface area (Å²) in [5, 5.41) is 6.76. The second-order valence-electron chi connectivity index (χ2n) is 6.77. The minimum Gasteiger partial charge on any atom is -0.363 e. The van der Waals surface area contributed by atoms with E-state index < -0.39 is 0 Å². The van der Waals surface area contributed by atoms with Gasteiger partial charge in [-0.25, -0.2) is 9.98 Å². The first kappa shape index (κ1) is 19.8. The van der Waals surface area contributed by atoms with Crippen molar-refractivity contribution in [2.75, 3.05) is 32.1 Å². The van der Waals surface area contributed by atoms with Gasteiger partial charge in [-0.05, 0) is 37.5 Å². The van der Waals surface area contributed by atoms with Crippen molar-refractivity contribution in [3.63, 3.8) is 0 Å². The van der Waals surface area contributed by atoms with E-state index in [2.05, 4.69) is 65.6 Å². The molecule has 26 heavy (non-hydrogen) atoms. The number of hydrogen-bond donors (Lipinski definition) is 2. The number of guanidine groups is 1. The summed E-state index contributed by atoms with van der Waals surface area (Å²) in [4.78, 5) is 11.3. The first-order chi connectivity index (χ1) is 12.5. The monoisotopic (exact) mass is 353 g/mol. The Morgan fingerprint density at radius 1 is 1.15 bits per heavy atom. The van der Waals surface area contributed by atoms with Crippen LogP contribution in [-0.2, 0) is 6.54 Å². The van der Waals surface area contributed by atoms with Crippen LogP contribution >= 0.6 is 0 Å². The smallest absolute Gasteiger partial charge is 0.191 e. The zero-order chi connectivity index (χ0) is 18.9. The Morgan fingerprint density at radius 2 is 1.92 bits per heavy atom. The molecular weight excluding hydrogens is 322 g/mol. The van der Waals surface area contributed by atoms with Crippen LogP contribution in [0.15, 0.2) is 47.5 Å². The summed E-state index contributed by atoms with van der Waals surface area (Å²) in [5.74, 6) is 2.18. The van der Waals surface area contributed by atoms with Crippen molar-refractivity contribution in [1.29, 1.82) is 0 Å². The fourth-order valence-electron chi connectivity index (χ4n) is 2.65. The van der Waals surface area contributed by atoms with Crippen molar-refractivity contribution in [2.45, 2.75) is 33.2 Å². The third kappa shape index (κ3) is 6.06. The SMILES string of the molecule is CCNC(=NCc1cccc(N(C)C)n1)NCC(C)c1cccc(C)c1. The van der Waals surface area contributed by atoms with Gasteiger partial charge in [-0.15, -0.1) is 0 Å². The quantitative estimate of drug-likeness (QED) is 0.592. The highest BCUT2D eigenvalue weighted by Gasteiger charge is 2.07. The molecule has 5 heteroatoms. The van der Waals surface area contributed by atoms with Gasteiger partial charge in [0.2, 0.25) is 0 Å². The highest BCUT2D eigenvalue weighted by molar-refractivity contribution is 5.79. The number of anilines is 1. The van der Waals surface area contributed by atoms with Crippen LogP contribution in [-0.4, -0.2) is 38.1 Å². The van der Waals surface area contributed by atoms with E-state index in [4.69, 9.17) is 0 Å². The van der Waals surface area contributed by atoms with Crippen LogP contribution in [0.25, 0.3) is 0 Å². The zero-order valence-corrected chi connectivity index (χ0v) is 16.6. The molecule has 0 fully saturated rings. The largest absolute Gasteiger partial charge is 0.363 e. The third-order valence-corrected chi connectivity index (χ3v) is 4.18. The highest BCUT2D eigenvalue weighted by atomic mass is 15.2. The number of nitrogens with one attached hydrogen (secondary N) is 2. The Hall–Kier alpha value is -2.56. The van der Waals surface area contributed by atoms with E-state index in [0.717, 1.165) is 30.6 Å². The Bertz CT molecular complexity index is 724. The van der Waals surface area contributed by atoms with Gasteiger partial charge in [0.25, 0.3) is 0 Å². The van der Waals surface area contributed by atoms with E-state index >= 15 is 0 Å². The lowest BCUT2D eigenvalue weighted by atomic mass is 9.99. The summed E-state index contributed by atoms with van der Waals surface area (Å²) < 4.78 is 0. The van der Waals surface area contributed by atoms with E-state index in [0.29, 0.717) is 12.5 Å². The maximum Gasteiger partial charge on any atom is 0.191 e. The molecule has 1 unspecified atom stereocenters. The van der Waals surface area contributed by atoms with E-state index in [1.54, 1.807) is 0 Å². The van der Waals surface area contributed by atoms with Gasteiger partial charge in [-0.2, -0.15) is 0 Å². The maximum atomic E-state index is 4.68. The molecule has 2 N–H and O–H groups in total. The molecule has 0 saturated carbocycles. The summed E-state index contributed by atoms with van der Waals surface area (Å²) in [6.07, 6.45) is 0. The normalized spacial score (nSPS) is 12.6. The molecule has 0 radical (unpaired) electrons. The van der Waals surface area contributed by atoms with Gasteiger partial charge in [0.05, 0.1) is 12.2 Å². The van der Waals surface area contributed by atoms with Crippen LogP contribution in [0.1, 0.15) is 36.6 Å². The van der Waals surface area contributed by atoms with E-state index in [1.807, 2.05) is 37.2 Å². The third-order valence-electron chi connectivity index (χ3n) is 4.18. The molecule has 1 heterocycles. The van der Waals surface area contributed by atoms with Crippen LogP contribution in [0.5, 0.6) is 0 Å². The van der Waals surface area contributed by atoms with E-state index in [1.165, 1.54) is 11.1 Å². The fourth-order valence-corrected chi connectivity index (χ4v) is 2.65. The minimum atomic E-state index is 0.411. The van der Waals surface area contributed by atoms with Gasteiger partial charge < -0.3 is 15.5 Å². The molecule has 0 aliphatic heterocycles. The van der Waals surface area contributed by atoms with Crippen molar-refractivity contribution in [2.24, 2.45) is 4.99 Å². The fraction of sp³-hybridized carbons (Fsp3) is 0.429. The standard InChI is InChI=1S/C21H31N5/c1-6-22-21(23-14-17(3)18-10-7-9-16(2)13-18)24-15-19-11-8-12-20(25-19)26(4)5/h7-13,17H,6,14-15H2,1-5H3,(H2,22,23,24). The molecule has 1 aromatic heterocycles. The summed E-state index contributed by atoms with van der Waals surface area (Å²) in [7, 11) is 3.99. The number of rotatable bonds is 7. The predicted octanol–water partition coefficient (Wildman–Crippen LogP) is 3.31. The topological polar surface area (TPSA) is 52.6 Å². The van der Waals surface area contributed by atoms with Gasteiger partial charge in [-0.3, -0.25) is 0 Å². The number of aliphatic imine (C=N–C) groups is 1. The second-order valence-corrected chi connectivity index (χ2v) is 6.77. The highest BCUT2D eigenvalue weighted by Crippen LogP contribution is 2.15. The van der Waals surface area contributed by atoms with Crippen LogP contribution in [0, 0.1) is 6.92 Å². The molecule has 0 amide bonds. The maximum absolute atomic E-state index is 4.68.